The van der Waals surface area contributed by atoms with Crippen LogP contribution < -0.4 is 10.3 Å². The van der Waals surface area contributed by atoms with Crippen LogP contribution in [-0.2, 0) is 0 Å². The highest BCUT2D eigenvalue weighted by Gasteiger charge is 2.27. The van der Waals surface area contributed by atoms with Gasteiger partial charge in [-0.3, -0.25) is 14.2 Å². The maximum Gasteiger partial charge on any atom is 0.266 e. The molecule has 3 aromatic carbocycles. The number of rotatable bonds is 7. The fraction of sp³-hybridized carbons (Fsp3) is 0.250. The van der Waals surface area contributed by atoms with Gasteiger partial charge in [-0.25, -0.2) is 4.98 Å². The first kappa shape index (κ1) is 24.5. The van der Waals surface area contributed by atoms with Crippen LogP contribution in [0, 0.1) is 6.92 Å². The highest BCUT2D eigenvalue weighted by Crippen LogP contribution is 2.26. The molecule has 0 aliphatic heterocycles. The van der Waals surface area contributed by atoms with Gasteiger partial charge in [0.2, 0.25) is 0 Å². The van der Waals surface area contributed by atoms with Gasteiger partial charge in [-0.05, 0) is 74.9 Å². The third-order valence-corrected chi connectivity index (χ3v) is 6.29. The molecule has 1 aromatic heterocycles. The summed E-state index contributed by atoms with van der Waals surface area (Å²) in [7, 11) is 1.59. The van der Waals surface area contributed by atoms with Gasteiger partial charge < -0.3 is 9.64 Å². The Balaban J connectivity index is 1.91. The molecule has 7 heteroatoms. The minimum Gasteiger partial charge on any atom is -0.497 e. The molecular formula is C28H28ClN3O3. The fourth-order valence-electron chi connectivity index (χ4n) is 4.15. The van der Waals surface area contributed by atoms with Crippen LogP contribution in [0.25, 0.3) is 16.6 Å². The SMILES string of the molecule is CCCN(C(=O)c1ccc(C)cc1)C(C)c1nc2cc(Cl)ccc2c(=O)n1-c1ccc(OC)cc1. The third-order valence-electron chi connectivity index (χ3n) is 6.05. The molecule has 1 atom stereocenters. The van der Waals surface area contributed by atoms with Crippen molar-refractivity contribution in [2.75, 3.05) is 13.7 Å². The van der Waals surface area contributed by atoms with Gasteiger partial charge >= 0.3 is 0 Å². The Kier molecular flexibility index (Phi) is 7.22. The van der Waals surface area contributed by atoms with Crippen molar-refractivity contribution in [3.63, 3.8) is 0 Å². The quantitative estimate of drug-likeness (QED) is 0.321. The monoisotopic (exact) mass is 489 g/mol. The van der Waals surface area contributed by atoms with E-state index in [9.17, 15) is 9.59 Å². The first-order valence-electron chi connectivity index (χ1n) is 11.6. The van der Waals surface area contributed by atoms with Gasteiger partial charge in [0.05, 0.1) is 29.7 Å². The van der Waals surface area contributed by atoms with Crippen molar-refractivity contribution in [2.45, 2.75) is 33.2 Å². The standard InChI is InChI=1S/C28H28ClN3O3/c1-5-16-31(27(33)20-8-6-18(2)7-9-20)19(3)26-30-25-17-21(29)10-15-24(25)28(34)32(26)22-11-13-23(35-4)14-12-22/h6-15,17,19H,5,16H2,1-4H3. The minimum atomic E-state index is -0.484. The number of halogens is 1. The van der Waals surface area contributed by atoms with Crippen LogP contribution in [0.5, 0.6) is 5.75 Å². The lowest BCUT2D eigenvalue weighted by Crippen LogP contribution is -2.38. The molecule has 6 nitrogen and oxygen atoms in total. The van der Waals surface area contributed by atoms with E-state index < -0.39 is 6.04 Å². The Labute approximate surface area is 209 Å². The van der Waals surface area contributed by atoms with Gasteiger partial charge in [-0.15, -0.1) is 0 Å². The first-order valence-corrected chi connectivity index (χ1v) is 12.0. The number of carbonyl (C=O) groups excluding carboxylic acids is 1. The highest BCUT2D eigenvalue weighted by atomic mass is 35.5. The van der Waals surface area contributed by atoms with Crippen LogP contribution in [0.3, 0.4) is 0 Å². The molecule has 4 rings (SSSR count). The van der Waals surface area contributed by atoms with Crippen molar-refractivity contribution in [3.05, 3.63) is 99.1 Å². The number of hydrogen-bond acceptors (Lipinski definition) is 4. The number of fused-ring (bicyclic) bond motifs is 1. The zero-order valence-corrected chi connectivity index (χ0v) is 21.0. The number of hydrogen-bond donors (Lipinski definition) is 0. The summed E-state index contributed by atoms with van der Waals surface area (Å²) in [5.74, 6) is 1.03. The Bertz CT molecular complexity index is 1410. The molecule has 0 saturated carbocycles. The predicted molar refractivity (Wildman–Crippen MR) is 140 cm³/mol. The summed E-state index contributed by atoms with van der Waals surface area (Å²) in [4.78, 5) is 33.9. The van der Waals surface area contributed by atoms with Gasteiger partial charge in [0, 0.05) is 17.1 Å². The molecule has 4 aromatic rings. The topological polar surface area (TPSA) is 64.4 Å². The molecule has 1 heterocycles. The van der Waals surface area contributed by atoms with Crippen molar-refractivity contribution in [1.82, 2.24) is 14.5 Å². The number of amides is 1. The Morgan fingerprint density at radius 2 is 1.77 bits per heavy atom. The highest BCUT2D eigenvalue weighted by molar-refractivity contribution is 6.31. The summed E-state index contributed by atoms with van der Waals surface area (Å²) >= 11 is 6.22. The smallest absolute Gasteiger partial charge is 0.266 e. The van der Waals surface area contributed by atoms with Crippen molar-refractivity contribution < 1.29 is 9.53 Å². The van der Waals surface area contributed by atoms with E-state index in [1.807, 2.05) is 57.2 Å². The van der Waals surface area contributed by atoms with Crippen molar-refractivity contribution in [3.8, 4) is 11.4 Å². The maximum absolute atomic E-state index is 13.7. The Morgan fingerprint density at radius 3 is 2.40 bits per heavy atom. The van der Waals surface area contributed by atoms with Crippen molar-refractivity contribution >= 4 is 28.4 Å². The molecule has 35 heavy (non-hydrogen) atoms. The van der Waals surface area contributed by atoms with E-state index in [1.165, 1.54) is 0 Å². The average Bonchev–Trinajstić information content (AvgIpc) is 2.86. The first-order chi connectivity index (χ1) is 16.8. The van der Waals surface area contributed by atoms with Crippen molar-refractivity contribution in [1.29, 1.82) is 0 Å². The number of methoxy groups -OCH3 is 1. The maximum atomic E-state index is 13.7. The van der Waals surface area contributed by atoms with Crippen molar-refractivity contribution in [2.24, 2.45) is 0 Å². The van der Waals surface area contributed by atoms with Gasteiger partial charge in [-0.2, -0.15) is 0 Å². The molecule has 0 spiro atoms. The summed E-state index contributed by atoms with van der Waals surface area (Å²) in [6.45, 7) is 6.42. The number of carbonyl (C=O) groups is 1. The molecule has 1 amide bonds. The molecule has 1 unspecified atom stereocenters. The zero-order valence-electron chi connectivity index (χ0n) is 20.3. The number of aryl methyl sites for hydroxylation is 1. The molecule has 0 fully saturated rings. The van der Waals surface area contributed by atoms with Crippen LogP contribution in [0.1, 0.15) is 48.1 Å². The fourth-order valence-corrected chi connectivity index (χ4v) is 4.32. The lowest BCUT2D eigenvalue weighted by atomic mass is 10.1. The molecule has 180 valence electrons. The summed E-state index contributed by atoms with van der Waals surface area (Å²) in [5, 5.41) is 0.944. The molecule has 0 aliphatic carbocycles. The van der Waals surface area contributed by atoms with E-state index in [2.05, 4.69) is 0 Å². The summed E-state index contributed by atoms with van der Waals surface area (Å²) in [5.41, 5.74) is 2.59. The number of benzene rings is 3. The molecule has 0 N–H and O–H groups in total. The molecule has 0 aliphatic rings. The average molecular weight is 490 g/mol. The molecular weight excluding hydrogens is 462 g/mol. The van der Waals surface area contributed by atoms with Gasteiger partial charge in [0.15, 0.2) is 0 Å². The minimum absolute atomic E-state index is 0.110. The zero-order chi connectivity index (χ0) is 25.1. The second-order valence-electron chi connectivity index (χ2n) is 8.51. The van der Waals surface area contributed by atoms with E-state index >= 15 is 0 Å². The molecule has 0 saturated heterocycles. The number of ether oxygens (including phenoxy) is 1. The van der Waals surface area contributed by atoms with Crippen LogP contribution in [0.2, 0.25) is 5.02 Å². The van der Waals surface area contributed by atoms with Gasteiger partial charge in [0.1, 0.15) is 11.6 Å². The van der Waals surface area contributed by atoms with E-state index in [-0.39, 0.29) is 11.5 Å². The molecule has 0 bridgehead atoms. The van der Waals surface area contributed by atoms with Crippen LogP contribution in [0.15, 0.2) is 71.5 Å². The number of nitrogens with zero attached hydrogens (tertiary/aromatic N) is 3. The van der Waals surface area contributed by atoms with Crippen LogP contribution in [-0.4, -0.2) is 34.0 Å². The van der Waals surface area contributed by atoms with E-state index in [4.69, 9.17) is 21.3 Å². The van der Waals surface area contributed by atoms with E-state index in [1.54, 1.807) is 46.9 Å². The second-order valence-corrected chi connectivity index (χ2v) is 8.95. The third kappa shape index (κ3) is 4.93. The van der Waals surface area contributed by atoms with Crippen LogP contribution in [0.4, 0.5) is 0 Å². The second kappa shape index (κ2) is 10.3. The predicted octanol–water partition coefficient (Wildman–Crippen LogP) is 5.97. The normalized spacial score (nSPS) is 11.9. The Morgan fingerprint density at radius 1 is 1.09 bits per heavy atom. The van der Waals surface area contributed by atoms with E-state index in [0.29, 0.717) is 45.3 Å². The lowest BCUT2D eigenvalue weighted by molar-refractivity contribution is 0.0681. The summed E-state index contributed by atoms with van der Waals surface area (Å²) in [6.07, 6.45) is 0.758. The summed E-state index contributed by atoms with van der Waals surface area (Å²) in [6, 6.07) is 19.3. The van der Waals surface area contributed by atoms with E-state index in [0.717, 1.165) is 12.0 Å². The summed E-state index contributed by atoms with van der Waals surface area (Å²) < 4.78 is 6.86. The van der Waals surface area contributed by atoms with Crippen LogP contribution >= 0.6 is 11.6 Å². The van der Waals surface area contributed by atoms with Gasteiger partial charge in [-0.1, -0.05) is 36.2 Å². The number of aromatic nitrogens is 2. The molecule has 0 radical (unpaired) electrons. The largest absolute Gasteiger partial charge is 0.497 e. The van der Waals surface area contributed by atoms with Gasteiger partial charge in [0.25, 0.3) is 11.5 Å². The lowest BCUT2D eigenvalue weighted by Gasteiger charge is -2.30. The Hall–Kier alpha value is -3.64.